The molecule has 0 saturated carbocycles. The first-order valence-electron chi connectivity index (χ1n) is 4.11. The van der Waals surface area contributed by atoms with E-state index in [1.54, 1.807) is 18.5 Å². The molecule has 4 heteroatoms. The molecule has 0 aliphatic rings. The molecule has 70 valence electrons. The van der Waals surface area contributed by atoms with Crippen molar-refractivity contribution >= 4 is 18.0 Å². The van der Waals surface area contributed by atoms with E-state index in [0.29, 0.717) is 5.56 Å². The molecule has 0 unspecified atom stereocenters. The van der Waals surface area contributed by atoms with Crippen LogP contribution < -0.4 is 0 Å². The second kappa shape index (κ2) is 4.11. The highest BCUT2D eigenvalue weighted by Crippen LogP contribution is 2.26. The van der Waals surface area contributed by atoms with Crippen molar-refractivity contribution in [3.63, 3.8) is 0 Å². The highest BCUT2D eigenvalue weighted by Gasteiger charge is 2.03. The van der Waals surface area contributed by atoms with Gasteiger partial charge in [-0.05, 0) is 6.07 Å². The van der Waals surface area contributed by atoms with Crippen LogP contribution in [0.2, 0.25) is 0 Å². The molecule has 1 heterocycles. The fourth-order valence-electron chi connectivity index (χ4n) is 1.08. The molecule has 2 aromatic rings. The molecular formula is C10H8N2OS. The van der Waals surface area contributed by atoms with E-state index in [-0.39, 0.29) is 0 Å². The summed E-state index contributed by atoms with van der Waals surface area (Å²) in [6.07, 6.45) is 4.29. The molecule has 0 saturated heterocycles. The molecule has 0 aliphatic carbocycles. The molecule has 1 aromatic carbocycles. The van der Waals surface area contributed by atoms with Crippen molar-refractivity contribution in [3.05, 3.63) is 42.2 Å². The van der Waals surface area contributed by atoms with Crippen LogP contribution in [-0.2, 0) is 0 Å². The number of rotatable bonds is 3. The van der Waals surface area contributed by atoms with Gasteiger partial charge in [-0.25, -0.2) is 4.98 Å². The number of carbonyl (C=O) groups excluding carboxylic acids is 1. The minimum Gasteiger partial charge on any atom is -0.339 e. The topological polar surface area (TPSA) is 45.8 Å². The number of H-pyrrole nitrogens is 1. The van der Waals surface area contributed by atoms with Gasteiger partial charge in [-0.1, -0.05) is 30.0 Å². The number of aromatic amines is 1. The van der Waals surface area contributed by atoms with Crippen molar-refractivity contribution in [3.8, 4) is 0 Å². The third-order valence-corrected chi connectivity index (χ3v) is 2.73. The standard InChI is InChI=1S/C10H8N2OS/c13-7-8-3-1-2-4-9(8)14-10-11-5-6-12-10/h1-7H,(H,11,12). The quantitative estimate of drug-likeness (QED) is 0.781. The first-order chi connectivity index (χ1) is 6.90. The molecule has 0 bridgehead atoms. The molecule has 3 nitrogen and oxygen atoms in total. The normalized spacial score (nSPS) is 10.0. The predicted octanol–water partition coefficient (Wildman–Crippen LogP) is 2.37. The SMILES string of the molecule is O=Cc1ccccc1Sc1ncc[nH]1. The predicted molar refractivity (Wildman–Crippen MR) is 54.5 cm³/mol. The van der Waals surface area contributed by atoms with E-state index < -0.39 is 0 Å². The third kappa shape index (κ3) is 1.85. The Balaban J connectivity index is 2.28. The van der Waals surface area contributed by atoms with Crippen LogP contribution in [0.25, 0.3) is 0 Å². The average Bonchev–Trinajstić information content (AvgIpc) is 2.71. The van der Waals surface area contributed by atoms with Crippen molar-refractivity contribution in [1.82, 2.24) is 9.97 Å². The number of nitrogens with one attached hydrogen (secondary N) is 1. The fourth-order valence-corrected chi connectivity index (χ4v) is 1.91. The molecule has 0 atom stereocenters. The van der Waals surface area contributed by atoms with E-state index in [2.05, 4.69) is 9.97 Å². The number of nitrogens with zero attached hydrogens (tertiary/aromatic N) is 1. The summed E-state index contributed by atoms with van der Waals surface area (Å²) in [5, 5.41) is 0.791. The second-order valence-electron chi connectivity index (χ2n) is 2.65. The van der Waals surface area contributed by atoms with E-state index in [9.17, 15) is 4.79 Å². The minimum atomic E-state index is 0.689. The summed E-state index contributed by atoms with van der Waals surface area (Å²) in [4.78, 5) is 18.7. The van der Waals surface area contributed by atoms with Crippen molar-refractivity contribution < 1.29 is 4.79 Å². The summed E-state index contributed by atoms with van der Waals surface area (Å²) in [6, 6.07) is 7.43. The van der Waals surface area contributed by atoms with Crippen molar-refractivity contribution in [1.29, 1.82) is 0 Å². The summed E-state index contributed by atoms with van der Waals surface area (Å²) in [5.41, 5.74) is 0.689. The molecule has 1 aromatic heterocycles. The maximum absolute atomic E-state index is 10.7. The lowest BCUT2D eigenvalue weighted by Gasteiger charge is -2.00. The van der Waals surface area contributed by atoms with Gasteiger partial charge in [-0.15, -0.1) is 0 Å². The molecule has 0 fully saturated rings. The summed E-state index contributed by atoms with van der Waals surface area (Å²) >= 11 is 1.45. The lowest BCUT2D eigenvalue weighted by molar-refractivity contribution is 0.112. The highest BCUT2D eigenvalue weighted by atomic mass is 32.2. The maximum Gasteiger partial charge on any atom is 0.170 e. The molecular weight excluding hydrogens is 196 g/mol. The van der Waals surface area contributed by atoms with E-state index >= 15 is 0 Å². The summed E-state index contributed by atoms with van der Waals surface area (Å²) in [7, 11) is 0. The van der Waals surface area contributed by atoms with Crippen LogP contribution in [0.1, 0.15) is 10.4 Å². The highest BCUT2D eigenvalue weighted by molar-refractivity contribution is 7.99. The van der Waals surface area contributed by atoms with Crippen molar-refractivity contribution in [2.75, 3.05) is 0 Å². The molecule has 2 rings (SSSR count). The van der Waals surface area contributed by atoms with Crippen LogP contribution in [0, 0.1) is 0 Å². The van der Waals surface area contributed by atoms with Gasteiger partial charge >= 0.3 is 0 Å². The molecule has 0 radical (unpaired) electrons. The fraction of sp³-hybridized carbons (Fsp3) is 0. The Morgan fingerprint density at radius 2 is 2.21 bits per heavy atom. The Morgan fingerprint density at radius 3 is 2.93 bits per heavy atom. The monoisotopic (exact) mass is 204 g/mol. The lowest BCUT2D eigenvalue weighted by atomic mass is 10.2. The number of aldehydes is 1. The average molecular weight is 204 g/mol. The first-order valence-corrected chi connectivity index (χ1v) is 4.93. The Bertz CT molecular complexity index is 425. The number of hydrogen-bond donors (Lipinski definition) is 1. The van der Waals surface area contributed by atoms with Crippen LogP contribution >= 0.6 is 11.8 Å². The number of imidazole rings is 1. The molecule has 1 N–H and O–H groups in total. The lowest BCUT2D eigenvalue weighted by Crippen LogP contribution is -1.84. The van der Waals surface area contributed by atoms with Gasteiger partial charge in [0.1, 0.15) is 0 Å². The van der Waals surface area contributed by atoms with Crippen LogP contribution in [0.15, 0.2) is 46.7 Å². The van der Waals surface area contributed by atoms with Crippen molar-refractivity contribution in [2.24, 2.45) is 0 Å². The smallest absolute Gasteiger partial charge is 0.170 e. The number of aromatic nitrogens is 2. The summed E-state index contributed by atoms with van der Waals surface area (Å²) in [6.45, 7) is 0. The van der Waals surface area contributed by atoms with Gasteiger partial charge in [0.05, 0.1) is 0 Å². The molecule has 0 amide bonds. The number of benzene rings is 1. The Labute approximate surface area is 85.6 Å². The van der Waals surface area contributed by atoms with Gasteiger partial charge < -0.3 is 4.98 Å². The molecule has 0 spiro atoms. The van der Waals surface area contributed by atoms with Gasteiger partial charge in [-0.3, -0.25) is 4.79 Å². The van der Waals surface area contributed by atoms with Crippen LogP contribution in [0.5, 0.6) is 0 Å². The van der Waals surface area contributed by atoms with E-state index in [1.165, 1.54) is 11.8 Å². The van der Waals surface area contributed by atoms with Crippen molar-refractivity contribution in [2.45, 2.75) is 10.1 Å². The minimum absolute atomic E-state index is 0.689. The van der Waals surface area contributed by atoms with Gasteiger partial charge in [0.2, 0.25) is 0 Å². The van der Waals surface area contributed by atoms with Crippen LogP contribution in [0.4, 0.5) is 0 Å². The maximum atomic E-state index is 10.7. The third-order valence-electron chi connectivity index (χ3n) is 1.73. The van der Waals surface area contributed by atoms with E-state index in [0.717, 1.165) is 16.3 Å². The van der Waals surface area contributed by atoms with Gasteiger partial charge in [-0.2, -0.15) is 0 Å². The summed E-state index contributed by atoms with van der Waals surface area (Å²) in [5.74, 6) is 0. The largest absolute Gasteiger partial charge is 0.339 e. The van der Waals surface area contributed by atoms with E-state index in [4.69, 9.17) is 0 Å². The van der Waals surface area contributed by atoms with Gasteiger partial charge in [0, 0.05) is 22.9 Å². The first kappa shape index (κ1) is 9.02. The van der Waals surface area contributed by atoms with Gasteiger partial charge in [0.25, 0.3) is 0 Å². The number of hydrogen-bond acceptors (Lipinski definition) is 3. The zero-order chi connectivity index (χ0) is 9.80. The molecule has 14 heavy (non-hydrogen) atoms. The van der Waals surface area contributed by atoms with Crippen LogP contribution in [0.3, 0.4) is 0 Å². The number of carbonyl (C=O) groups is 1. The zero-order valence-electron chi connectivity index (χ0n) is 7.31. The van der Waals surface area contributed by atoms with Gasteiger partial charge in [0.15, 0.2) is 11.4 Å². The van der Waals surface area contributed by atoms with E-state index in [1.807, 2.05) is 18.2 Å². The Morgan fingerprint density at radius 1 is 1.36 bits per heavy atom. The summed E-state index contributed by atoms with van der Waals surface area (Å²) < 4.78 is 0. The molecule has 0 aliphatic heterocycles. The Kier molecular flexibility index (Phi) is 2.65. The Hall–Kier alpha value is -1.55. The zero-order valence-corrected chi connectivity index (χ0v) is 8.12. The van der Waals surface area contributed by atoms with Crippen LogP contribution in [-0.4, -0.2) is 16.3 Å². The second-order valence-corrected chi connectivity index (χ2v) is 3.68.